The number of hydrogen-bond donors (Lipinski definition) is 1. The van der Waals surface area contributed by atoms with Crippen molar-refractivity contribution in [2.45, 2.75) is 18.7 Å². The summed E-state index contributed by atoms with van der Waals surface area (Å²) in [5.41, 5.74) is 2.44. The fourth-order valence-electron chi connectivity index (χ4n) is 1.81. The van der Waals surface area contributed by atoms with Crippen molar-refractivity contribution < 1.29 is 4.79 Å². The van der Waals surface area contributed by atoms with Gasteiger partial charge < -0.3 is 5.32 Å². The minimum atomic E-state index is 0.120. The van der Waals surface area contributed by atoms with Crippen LogP contribution in [0.4, 0.5) is 0 Å². The van der Waals surface area contributed by atoms with E-state index in [2.05, 4.69) is 17.4 Å². The third-order valence-corrected chi connectivity index (χ3v) is 3.95. The molecule has 20 heavy (non-hydrogen) atoms. The number of nitrogens with one attached hydrogen (secondary N) is 1. The third-order valence-electron chi connectivity index (χ3n) is 2.92. The number of carbonyl (C=O) groups excluding carboxylic acids is 1. The highest BCUT2D eigenvalue weighted by Gasteiger charge is 2.01. The van der Waals surface area contributed by atoms with E-state index in [1.807, 2.05) is 48.5 Å². The van der Waals surface area contributed by atoms with Crippen molar-refractivity contribution in [1.29, 1.82) is 0 Å². The second-order valence-corrected chi connectivity index (χ2v) is 5.66. The van der Waals surface area contributed by atoms with Crippen LogP contribution in [-0.4, -0.2) is 11.7 Å². The summed E-state index contributed by atoms with van der Waals surface area (Å²) in [6.45, 7) is 0.614. The van der Waals surface area contributed by atoms with Crippen molar-refractivity contribution in [3.8, 4) is 0 Å². The maximum absolute atomic E-state index is 11.7. The zero-order chi connectivity index (χ0) is 14.0. The van der Waals surface area contributed by atoms with Gasteiger partial charge in [0.2, 0.25) is 5.91 Å². The van der Waals surface area contributed by atoms with E-state index in [4.69, 9.17) is 0 Å². The molecular formula is C17H19NOS. The van der Waals surface area contributed by atoms with Gasteiger partial charge in [0.15, 0.2) is 0 Å². The average molecular weight is 285 g/mol. The summed E-state index contributed by atoms with van der Waals surface area (Å²) < 4.78 is 0. The van der Waals surface area contributed by atoms with Crippen LogP contribution in [0.25, 0.3) is 0 Å². The Labute approximate surface area is 124 Å². The summed E-state index contributed by atoms with van der Waals surface area (Å²) in [5.74, 6) is 1.94. The number of thioether (sulfide) groups is 1. The molecule has 1 N–H and O–H groups in total. The molecule has 0 spiro atoms. The Morgan fingerprint density at radius 1 is 0.900 bits per heavy atom. The molecule has 0 heterocycles. The van der Waals surface area contributed by atoms with Crippen molar-refractivity contribution in [2.75, 3.05) is 5.75 Å². The minimum Gasteiger partial charge on any atom is -0.352 e. The van der Waals surface area contributed by atoms with Gasteiger partial charge in [0, 0.05) is 24.5 Å². The summed E-state index contributed by atoms with van der Waals surface area (Å²) in [6.07, 6.45) is 0.574. The first-order valence-electron chi connectivity index (χ1n) is 6.77. The maximum atomic E-state index is 11.7. The fraction of sp³-hybridized carbons (Fsp3) is 0.235. The zero-order valence-corrected chi connectivity index (χ0v) is 12.2. The second-order valence-electron chi connectivity index (χ2n) is 4.55. The van der Waals surface area contributed by atoms with Gasteiger partial charge in [0.05, 0.1) is 0 Å². The van der Waals surface area contributed by atoms with Gasteiger partial charge in [-0.1, -0.05) is 60.7 Å². The Kier molecular flexibility index (Phi) is 6.18. The molecule has 0 aliphatic rings. The van der Waals surface area contributed by atoms with Gasteiger partial charge in [-0.15, -0.1) is 0 Å². The Bertz CT molecular complexity index is 513. The molecule has 0 radical (unpaired) electrons. The predicted molar refractivity (Wildman–Crippen MR) is 85.5 cm³/mol. The fourth-order valence-corrected chi connectivity index (χ4v) is 2.72. The van der Waals surface area contributed by atoms with Gasteiger partial charge in [0.1, 0.15) is 0 Å². The standard InChI is InChI=1S/C17H19NOS/c19-17(18-13-15-7-3-1-4-8-15)11-12-20-14-16-9-5-2-6-10-16/h1-10H,11-14H2,(H,18,19). The van der Waals surface area contributed by atoms with Crippen LogP contribution in [0.1, 0.15) is 17.5 Å². The average Bonchev–Trinajstić information content (AvgIpc) is 2.52. The molecule has 104 valence electrons. The first-order chi connectivity index (χ1) is 9.84. The zero-order valence-electron chi connectivity index (χ0n) is 11.4. The van der Waals surface area contributed by atoms with E-state index in [9.17, 15) is 4.79 Å². The molecule has 2 aromatic rings. The molecule has 0 fully saturated rings. The van der Waals surface area contributed by atoms with Crippen LogP contribution in [0, 0.1) is 0 Å². The number of carbonyl (C=O) groups is 1. The highest BCUT2D eigenvalue weighted by atomic mass is 32.2. The lowest BCUT2D eigenvalue weighted by atomic mass is 10.2. The minimum absolute atomic E-state index is 0.120. The Morgan fingerprint density at radius 2 is 1.50 bits per heavy atom. The summed E-state index contributed by atoms with van der Waals surface area (Å²) in [7, 11) is 0. The monoisotopic (exact) mass is 285 g/mol. The molecule has 0 unspecified atom stereocenters. The number of rotatable bonds is 7. The summed E-state index contributed by atoms with van der Waals surface area (Å²) >= 11 is 1.80. The molecule has 2 rings (SSSR count). The smallest absolute Gasteiger partial charge is 0.221 e. The summed E-state index contributed by atoms with van der Waals surface area (Å²) in [5, 5.41) is 2.95. The van der Waals surface area contributed by atoms with E-state index in [0.717, 1.165) is 17.1 Å². The van der Waals surface area contributed by atoms with E-state index >= 15 is 0 Å². The maximum Gasteiger partial charge on any atom is 0.221 e. The van der Waals surface area contributed by atoms with Crippen molar-refractivity contribution in [1.82, 2.24) is 5.32 Å². The Morgan fingerprint density at radius 3 is 2.15 bits per heavy atom. The molecule has 0 aliphatic carbocycles. The summed E-state index contributed by atoms with van der Waals surface area (Å²) in [6, 6.07) is 20.3. The molecule has 1 amide bonds. The third kappa shape index (κ3) is 5.49. The normalized spacial score (nSPS) is 10.2. The Balaban J connectivity index is 1.59. The second kappa shape index (κ2) is 8.43. The lowest BCUT2D eigenvalue weighted by Gasteiger charge is -2.05. The van der Waals surface area contributed by atoms with Crippen LogP contribution in [0.5, 0.6) is 0 Å². The van der Waals surface area contributed by atoms with Crippen LogP contribution >= 0.6 is 11.8 Å². The number of benzene rings is 2. The van der Waals surface area contributed by atoms with Crippen LogP contribution in [0.2, 0.25) is 0 Å². The van der Waals surface area contributed by atoms with Gasteiger partial charge in [-0.2, -0.15) is 11.8 Å². The molecule has 0 saturated heterocycles. The van der Waals surface area contributed by atoms with Gasteiger partial charge in [-0.3, -0.25) is 4.79 Å². The predicted octanol–water partition coefficient (Wildman–Crippen LogP) is 3.63. The van der Waals surface area contributed by atoms with Crippen molar-refractivity contribution in [3.63, 3.8) is 0 Å². The first-order valence-corrected chi connectivity index (χ1v) is 7.92. The van der Waals surface area contributed by atoms with Crippen LogP contribution in [0.3, 0.4) is 0 Å². The molecule has 0 saturated carbocycles. The SMILES string of the molecule is O=C(CCSCc1ccccc1)NCc1ccccc1. The molecule has 2 aromatic carbocycles. The van der Waals surface area contributed by atoms with Crippen molar-refractivity contribution in [3.05, 3.63) is 71.8 Å². The van der Waals surface area contributed by atoms with E-state index in [1.54, 1.807) is 11.8 Å². The van der Waals surface area contributed by atoms with Crippen LogP contribution in [0.15, 0.2) is 60.7 Å². The van der Waals surface area contributed by atoms with Gasteiger partial charge in [-0.25, -0.2) is 0 Å². The lowest BCUT2D eigenvalue weighted by Crippen LogP contribution is -2.22. The van der Waals surface area contributed by atoms with Gasteiger partial charge in [0.25, 0.3) is 0 Å². The van der Waals surface area contributed by atoms with E-state index in [1.165, 1.54) is 5.56 Å². The molecule has 0 aliphatic heterocycles. The van der Waals surface area contributed by atoms with Crippen LogP contribution < -0.4 is 5.32 Å². The lowest BCUT2D eigenvalue weighted by molar-refractivity contribution is -0.120. The highest BCUT2D eigenvalue weighted by Crippen LogP contribution is 2.12. The molecule has 0 bridgehead atoms. The number of amides is 1. The quantitative estimate of drug-likeness (QED) is 0.787. The van der Waals surface area contributed by atoms with Crippen molar-refractivity contribution >= 4 is 17.7 Å². The van der Waals surface area contributed by atoms with E-state index in [0.29, 0.717) is 13.0 Å². The topological polar surface area (TPSA) is 29.1 Å². The molecule has 2 nitrogen and oxygen atoms in total. The highest BCUT2D eigenvalue weighted by molar-refractivity contribution is 7.98. The van der Waals surface area contributed by atoms with Crippen LogP contribution in [-0.2, 0) is 17.1 Å². The van der Waals surface area contributed by atoms with Gasteiger partial charge in [-0.05, 0) is 11.1 Å². The first kappa shape index (κ1) is 14.7. The molecule has 3 heteroatoms. The number of hydrogen-bond acceptors (Lipinski definition) is 2. The molecule has 0 atom stereocenters. The summed E-state index contributed by atoms with van der Waals surface area (Å²) in [4.78, 5) is 11.7. The largest absolute Gasteiger partial charge is 0.352 e. The van der Waals surface area contributed by atoms with E-state index in [-0.39, 0.29) is 5.91 Å². The van der Waals surface area contributed by atoms with E-state index < -0.39 is 0 Å². The van der Waals surface area contributed by atoms with Gasteiger partial charge >= 0.3 is 0 Å². The molecular weight excluding hydrogens is 266 g/mol. The Hall–Kier alpha value is -1.74. The van der Waals surface area contributed by atoms with Crippen molar-refractivity contribution in [2.24, 2.45) is 0 Å². The molecule has 0 aromatic heterocycles.